The summed E-state index contributed by atoms with van der Waals surface area (Å²) in [6.45, 7) is 8.10. The predicted molar refractivity (Wildman–Crippen MR) is 78.4 cm³/mol. The number of ketones is 1. The van der Waals surface area contributed by atoms with Crippen LogP contribution in [-0.4, -0.2) is 5.78 Å². The Labute approximate surface area is 112 Å². The Balaban J connectivity index is 2.38. The fraction of sp³-hybridized carbons (Fsp3) is 0.312. The van der Waals surface area contributed by atoms with Gasteiger partial charge in [0, 0.05) is 10.8 Å². The van der Waals surface area contributed by atoms with Gasteiger partial charge in [-0.15, -0.1) is 11.3 Å². The molecule has 0 saturated carbocycles. The Morgan fingerprint density at radius 1 is 1.11 bits per heavy atom. The largest absolute Gasteiger partial charge is 0.293 e. The number of rotatable bonds is 3. The van der Waals surface area contributed by atoms with E-state index in [1.807, 2.05) is 19.9 Å². The Hall–Kier alpha value is -1.41. The van der Waals surface area contributed by atoms with Gasteiger partial charge in [0.05, 0.1) is 4.88 Å². The quantitative estimate of drug-likeness (QED) is 0.718. The monoisotopic (exact) mass is 258 g/mol. The minimum atomic E-state index is 0.0654. The third-order valence-corrected chi connectivity index (χ3v) is 4.15. The molecule has 0 aliphatic heterocycles. The maximum atomic E-state index is 11.9. The molecule has 0 radical (unpaired) electrons. The second-order valence-electron chi connectivity index (χ2n) is 5.00. The third-order valence-electron chi connectivity index (χ3n) is 3.02. The van der Waals surface area contributed by atoms with Crippen molar-refractivity contribution in [2.45, 2.75) is 27.7 Å². The van der Waals surface area contributed by atoms with E-state index in [2.05, 4.69) is 38.1 Å². The number of hydrogen-bond donors (Lipinski definition) is 0. The van der Waals surface area contributed by atoms with Crippen molar-refractivity contribution in [2.75, 3.05) is 0 Å². The molecule has 0 spiro atoms. The lowest BCUT2D eigenvalue weighted by Gasteiger charge is -2.04. The van der Waals surface area contributed by atoms with E-state index in [9.17, 15) is 4.79 Å². The Morgan fingerprint density at radius 2 is 1.83 bits per heavy atom. The molecule has 2 aromatic rings. The van der Waals surface area contributed by atoms with Crippen molar-refractivity contribution in [3.8, 4) is 10.4 Å². The minimum Gasteiger partial charge on any atom is -0.293 e. The highest BCUT2D eigenvalue weighted by Gasteiger charge is 2.14. The summed E-state index contributed by atoms with van der Waals surface area (Å²) in [5.41, 5.74) is 3.76. The zero-order valence-electron chi connectivity index (χ0n) is 11.3. The summed E-state index contributed by atoms with van der Waals surface area (Å²) in [6, 6.07) is 10.4. The molecule has 0 saturated heterocycles. The maximum absolute atomic E-state index is 11.9. The Bertz CT molecular complexity index is 579. The first-order chi connectivity index (χ1) is 8.49. The number of thiophene rings is 1. The molecule has 0 atom stereocenters. The molecule has 0 aliphatic rings. The molecule has 1 aromatic carbocycles. The van der Waals surface area contributed by atoms with Crippen LogP contribution >= 0.6 is 11.3 Å². The topological polar surface area (TPSA) is 17.1 Å². The molecule has 1 nitrogen and oxygen atoms in total. The van der Waals surface area contributed by atoms with Gasteiger partial charge >= 0.3 is 0 Å². The second-order valence-corrected chi connectivity index (χ2v) is 6.09. The first-order valence-corrected chi connectivity index (χ1v) is 7.02. The van der Waals surface area contributed by atoms with Gasteiger partial charge in [-0.1, -0.05) is 37.6 Å². The van der Waals surface area contributed by atoms with E-state index in [0.29, 0.717) is 0 Å². The molecule has 1 aromatic heterocycles. The lowest BCUT2D eigenvalue weighted by molar-refractivity contribution is 0.0943. The van der Waals surface area contributed by atoms with Crippen molar-refractivity contribution in [3.05, 3.63) is 46.3 Å². The van der Waals surface area contributed by atoms with Crippen LogP contribution in [0.4, 0.5) is 0 Å². The van der Waals surface area contributed by atoms with Crippen molar-refractivity contribution in [3.63, 3.8) is 0 Å². The summed E-state index contributed by atoms with van der Waals surface area (Å²) in [5.74, 6) is 0.298. The van der Waals surface area contributed by atoms with Crippen molar-refractivity contribution in [1.29, 1.82) is 0 Å². The number of aryl methyl sites for hydroxylation is 2. The highest BCUT2D eigenvalue weighted by atomic mass is 32.1. The molecule has 0 unspecified atom stereocenters. The fourth-order valence-electron chi connectivity index (χ4n) is 1.99. The van der Waals surface area contributed by atoms with Gasteiger partial charge in [0.25, 0.3) is 0 Å². The number of benzene rings is 1. The minimum absolute atomic E-state index is 0.0654. The molecule has 2 heteroatoms. The Kier molecular flexibility index (Phi) is 3.67. The molecule has 0 aliphatic carbocycles. The van der Waals surface area contributed by atoms with Crippen LogP contribution in [0.5, 0.6) is 0 Å². The highest BCUT2D eigenvalue weighted by molar-refractivity contribution is 7.17. The van der Waals surface area contributed by atoms with E-state index in [-0.39, 0.29) is 11.7 Å². The summed E-state index contributed by atoms with van der Waals surface area (Å²) >= 11 is 1.59. The standard InChI is InChI=1S/C16H18OS/c1-10(2)16(17)15-8-7-14(18-15)13-6-5-11(3)9-12(13)4/h5-10H,1-4H3. The lowest BCUT2D eigenvalue weighted by atomic mass is 10.0. The molecule has 1 heterocycles. The fourth-order valence-corrected chi connectivity index (χ4v) is 3.17. The van der Waals surface area contributed by atoms with E-state index < -0.39 is 0 Å². The molecular formula is C16H18OS. The van der Waals surface area contributed by atoms with Crippen LogP contribution in [0.3, 0.4) is 0 Å². The van der Waals surface area contributed by atoms with Crippen LogP contribution in [0.25, 0.3) is 10.4 Å². The van der Waals surface area contributed by atoms with Gasteiger partial charge in [-0.2, -0.15) is 0 Å². The van der Waals surface area contributed by atoms with Gasteiger partial charge in [0.2, 0.25) is 0 Å². The SMILES string of the molecule is Cc1ccc(-c2ccc(C(=O)C(C)C)s2)c(C)c1. The summed E-state index contributed by atoms with van der Waals surface area (Å²) < 4.78 is 0. The normalized spacial score (nSPS) is 10.9. The highest BCUT2D eigenvalue weighted by Crippen LogP contribution is 2.31. The molecule has 0 fully saturated rings. The average molecular weight is 258 g/mol. The lowest BCUT2D eigenvalue weighted by Crippen LogP contribution is -2.04. The van der Waals surface area contributed by atoms with E-state index in [4.69, 9.17) is 0 Å². The van der Waals surface area contributed by atoms with Crippen LogP contribution in [0.2, 0.25) is 0 Å². The number of Topliss-reactive ketones (excluding diaryl/α,β-unsaturated/α-hetero) is 1. The van der Waals surface area contributed by atoms with Gasteiger partial charge in [0.1, 0.15) is 0 Å². The van der Waals surface area contributed by atoms with E-state index in [1.54, 1.807) is 11.3 Å². The van der Waals surface area contributed by atoms with Crippen molar-refractivity contribution < 1.29 is 4.79 Å². The average Bonchev–Trinajstić information content (AvgIpc) is 2.77. The molecule has 0 bridgehead atoms. The number of hydrogen-bond acceptors (Lipinski definition) is 2. The van der Waals surface area contributed by atoms with Gasteiger partial charge in [-0.05, 0) is 37.1 Å². The van der Waals surface area contributed by atoms with Gasteiger partial charge in [0.15, 0.2) is 5.78 Å². The summed E-state index contributed by atoms with van der Waals surface area (Å²) in [6.07, 6.45) is 0. The summed E-state index contributed by atoms with van der Waals surface area (Å²) in [5, 5.41) is 0. The third kappa shape index (κ3) is 2.54. The van der Waals surface area contributed by atoms with E-state index in [0.717, 1.165) is 4.88 Å². The first-order valence-electron chi connectivity index (χ1n) is 6.20. The summed E-state index contributed by atoms with van der Waals surface area (Å²) in [4.78, 5) is 14.0. The molecular weight excluding hydrogens is 240 g/mol. The van der Waals surface area contributed by atoms with Crippen LogP contribution in [0.1, 0.15) is 34.6 Å². The van der Waals surface area contributed by atoms with Crippen LogP contribution in [-0.2, 0) is 0 Å². The molecule has 0 amide bonds. The zero-order valence-corrected chi connectivity index (χ0v) is 12.1. The summed E-state index contributed by atoms with van der Waals surface area (Å²) in [7, 11) is 0. The molecule has 94 valence electrons. The van der Waals surface area contributed by atoms with Crippen LogP contribution < -0.4 is 0 Å². The van der Waals surface area contributed by atoms with Gasteiger partial charge in [-0.25, -0.2) is 0 Å². The maximum Gasteiger partial charge on any atom is 0.175 e. The van der Waals surface area contributed by atoms with E-state index in [1.165, 1.54) is 21.6 Å². The van der Waals surface area contributed by atoms with Gasteiger partial charge in [-0.3, -0.25) is 4.79 Å². The van der Waals surface area contributed by atoms with Crippen LogP contribution in [0.15, 0.2) is 30.3 Å². The number of carbonyl (C=O) groups excluding carboxylic acids is 1. The van der Waals surface area contributed by atoms with Crippen LogP contribution in [0, 0.1) is 19.8 Å². The smallest absolute Gasteiger partial charge is 0.175 e. The molecule has 0 N–H and O–H groups in total. The first kappa shape index (κ1) is 13.0. The number of carbonyl (C=O) groups is 1. The van der Waals surface area contributed by atoms with Crippen molar-refractivity contribution in [2.24, 2.45) is 5.92 Å². The second kappa shape index (κ2) is 5.07. The Morgan fingerprint density at radius 3 is 2.44 bits per heavy atom. The molecule has 18 heavy (non-hydrogen) atoms. The predicted octanol–water partition coefficient (Wildman–Crippen LogP) is 4.87. The van der Waals surface area contributed by atoms with Crippen molar-refractivity contribution >= 4 is 17.1 Å². The van der Waals surface area contributed by atoms with E-state index >= 15 is 0 Å². The molecule has 2 rings (SSSR count). The zero-order chi connectivity index (χ0) is 13.3. The van der Waals surface area contributed by atoms with Gasteiger partial charge < -0.3 is 0 Å². The van der Waals surface area contributed by atoms with Crippen molar-refractivity contribution in [1.82, 2.24) is 0 Å².